The van der Waals surface area contributed by atoms with Crippen LogP contribution in [0.2, 0.25) is 0 Å². The van der Waals surface area contributed by atoms with Crippen LogP contribution in [0.3, 0.4) is 0 Å². The Kier molecular flexibility index (Phi) is 4.61. The molecular formula is C18H15F3N4OS. The number of nitrogens with one attached hydrogen (secondary N) is 1. The highest BCUT2D eigenvalue weighted by atomic mass is 32.1. The van der Waals surface area contributed by atoms with Crippen LogP contribution in [0.15, 0.2) is 36.4 Å². The van der Waals surface area contributed by atoms with E-state index in [1.165, 1.54) is 34.4 Å². The number of carbonyl (C=O) groups is 1. The highest BCUT2D eigenvalue weighted by Crippen LogP contribution is 2.30. The van der Waals surface area contributed by atoms with E-state index in [1.807, 2.05) is 4.90 Å². The average Bonchev–Trinajstić information content (AvgIpc) is 3.08. The number of carbonyl (C=O) groups excluding carboxylic acids is 1. The van der Waals surface area contributed by atoms with Crippen molar-refractivity contribution in [2.75, 3.05) is 36.4 Å². The van der Waals surface area contributed by atoms with Gasteiger partial charge in [0.15, 0.2) is 5.13 Å². The molecule has 2 amide bonds. The minimum Gasteiger partial charge on any atom is -0.345 e. The molecule has 27 heavy (non-hydrogen) atoms. The average molecular weight is 392 g/mol. The number of rotatable bonds is 2. The molecule has 2 heterocycles. The van der Waals surface area contributed by atoms with Crippen LogP contribution in [-0.2, 0) is 0 Å². The smallest absolute Gasteiger partial charge is 0.322 e. The Balaban J connectivity index is 1.41. The lowest BCUT2D eigenvalue weighted by atomic mass is 10.3. The number of benzene rings is 2. The summed E-state index contributed by atoms with van der Waals surface area (Å²) in [5.41, 5.74) is 0.282. The quantitative estimate of drug-likeness (QED) is 0.715. The number of anilines is 2. The van der Waals surface area contributed by atoms with Crippen molar-refractivity contribution in [3.8, 4) is 0 Å². The van der Waals surface area contributed by atoms with Gasteiger partial charge in [0.2, 0.25) is 0 Å². The van der Waals surface area contributed by atoms with Gasteiger partial charge < -0.3 is 15.1 Å². The van der Waals surface area contributed by atoms with Crippen LogP contribution in [0, 0.1) is 17.5 Å². The standard InChI is InChI=1S/C18H15F3N4OS/c19-11-4-5-14-15(10-11)27-18(22-14)25-8-6-24(7-9-25)17(26)23-16-12(20)2-1-3-13(16)21/h1-5,10H,6-9H2,(H,23,26). The van der Waals surface area contributed by atoms with Crippen molar-refractivity contribution in [1.29, 1.82) is 0 Å². The van der Waals surface area contributed by atoms with E-state index in [1.54, 1.807) is 6.07 Å². The van der Waals surface area contributed by atoms with Crippen molar-refractivity contribution in [3.05, 3.63) is 53.8 Å². The first-order chi connectivity index (χ1) is 13.0. The normalized spacial score (nSPS) is 14.6. The van der Waals surface area contributed by atoms with Gasteiger partial charge in [-0.3, -0.25) is 0 Å². The SMILES string of the molecule is O=C(Nc1c(F)cccc1F)N1CCN(c2nc3ccc(F)cc3s2)CC1. The fourth-order valence-electron chi connectivity index (χ4n) is 2.93. The molecule has 0 bridgehead atoms. The number of amides is 2. The second-order valence-corrected chi connectivity index (χ2v) is 7.12. The summed E-state index contributed by atoms with van der Waals surface area (Å²) in [4.78, 5) is 20.3. The molecule has 9 heteroatoms. The zero-order valence-corrected chi connectivity index (χ0v) is 14.9. The summed E-state index contributed by atoms with van der Waals surface area (Å²) in [6.07, 6.45) is 0. The first kappa shape index (κ1) is 17.6. The number of piperazine rings is 1. The molecule has 3 aromatic rings. The lowest BCUT2D eigenvalue weighted by Crippen LogP contribution is -2.50. The van der Waals surface area contributed by atoms with E-state index in [9.17, 15) is 18.0 Å². The van der Waals surface area contributed by atoms with Crippen LogP contribution in [-0.4, -0.2) is 42.1 Å². The molecule has 1 aliphatic heterocycles. The third kappa shape index (κ3) is 3.55. The number of para-hydroxylation sites is 1. The maximum atomic E-state index is 13.7. The number of fused-ring (bicyclic) bond motifs is 1. The number of hydrogen-bond acceptors (Lipinski definition) is 4. The third-order valence-electron chi connectivity index (χ3n) is 4.37. The molecule has 0 atom stereocenters. The van der Waals surface area contributed by atoms with E-state index < -0.39 is 23.4 Å². The lowest BCUT2D eigenvalue weighted by Gasteiger charge is -2.34. The maximum Gasteiger partial charge on any atom is 0.322 e. The summed E-state index contributed by atoms with van der Waals surface area (Å²) in [6, 6.07) is 7.32. The Morgan fingerprint density at radius 2 is 1.74 bits per heavy atom. The molecule has 0 spiro atoms. The monoisotopic (exact) mass is 392 g/mol. The van der Waals surface area contributed by atoms with Gasteiger partial charge in [-0.15, -0.1) is 0 Å². The Bertz CT molecular complexity index is 981. The van der Waals surface area contributed by atoms with Crippen LogP contribution in [0.25, 0.3) is 10.2 Å². The molecule has 140 valence electrons. The topological polar surface area (TPSA) is 48.5 Å². The Hall–Kier alpha value is -2.81. The van der Waals surface area contributed by atoms with Crippen molar-refractivity contribution in [1.82, 2.24) is 9.88 Å². The molecule has 1 saturated heterocycles. The van der Waals surface area contributed by atoms with Crippen molar-refractivity contribution < 1.29 is 18.0 Å². The molecule has 0 radical (unpaired) electrons. The minimum absolute atomic E-state index is 0.306. The van der Waals surface area contributed by atoms with Gasteiger partial charge in [0.25, 0.3) is 0 Å². The molecule has 1 aromatic heterocycles. The largest absolute Gasteiger partial charge is 0.345 e. The molecular weight excluding hydrogens is 377 g/mol. The molecule has 0 saturated carbocycles. The maximum absolute atomic E-state index is 13.7. The van der Waals surface area contributed by atoms with Gasteiger partial charge in [0.05, 0.1) is 10.2 Å². The highest BCUT2D eigenvalue weighted by Gasteiger charge is 2.24. The number of hydrogen-bond donors (Lipinski definition) is 1. The van der Waals surface area contributed by atoms with E-state index in [0.29, 0.717) is 26.2 Å². The van der Waals surface area contributed by atoms with Gasteiger partial charge in [-0.05, 0) is 30.3 Å². The van der Waals surface area contributed by atoms with Gasteiger partial charge in [-0.1, -0.05) is 17.4 Å². The molecule has 2 aromatic carbocycles. The zero-order chi connectivity index (χ0) is 19.0. The van der Waals surface area contributed by atoms with Gasteiger partial charge >= 0.3 is 6.03 Å². The van der Waals surface area contributed by atoms with Crippen LogP contribution in [0.1, 0.15) is 0 Å². The second-order valence-electron chi connectivity index (χ2n) is 6.11. The summed E-state index contributed by atoms with van der Waals surface area (Å²) < 4.78 is 41.4. The Labute approximate surface area is 157 Å². The summed E-state index contributed by atoms with van der Waals surface area (Å²) in [5.74, 6) is -1.94. The number of urea groups is 1. The Morgan fingerprint density at radius 3 is 2.44 bits per heavy atom. The van der Waals surface area contributed by atoms with Crippen LogP contribution in [0.5, 0.6) is 0 Å². The van der Waals surface area contributed by atoms with Gasteiger partial charge in [0, 0.05) is 26.2 Å². The van der Waals surface area contributed by atoms with Crippen LogP contribution in [0.4, 0.5) is 28.8 Å². The van der Waals surface area contributed by atoms with E-state index in [4.69, 9.17) is 0 Å². The van der Waals surface area contributed by atoms with Crippen molar-refractivity contribution in [3.63, 3.8) is 0 Å². The van der Waals surface area contributed by atoms with Gasteiger partial charge in [-0.2, -0.15) is 0 Å². The zero-order valence-electron chi connectivity index (χ0n) is 14.1. The second kappa shape index (κ2) is 7.07. The predicted molar refractivity (Wildman–Crippen MR) is 98.7 cm³/mol. The summed E-state index contributed by atoms with van der Waals surface area (Å²) >= 11 is 1.39. The van der Waals surface area contributed by atoms with E-state index in [-0.39, 0.29) is 5.82 Å². The highest BCUT2D eigenvalue weighted by molar-refractivity contribution is 7.22. The Morgan fingerprint density at radius 1 is 1.04 bits per heavy atom. The van der Waals surface area contributed by atoms with E-state index in [0.717, 1.165) is 27.5 Å². The first-order valence-corrected chi connectivity index (χ1v) is 9.14. The number of halogens is 3. The molecule has 1 fully saturated rings. The van der Waals surface area contributed by atoms with Crippen molar-refractivity contribution in [2.24, 2.45) is 0 Å². The minimum atomic E-state index is -0.816. The molecule has 0 unspecified atom stereocenters. The van der Waals surface area contributed by atoms with E-state index in [2.05, 4.69) is 10.3 Å². The third-order valence-corrected chi connectivity index (χ3v) is 5.45. The molecule has 1 aliphatic rings. The fourth-order valence-corrected chi connectivity index (χ4v) is 3.97. The molecule has 5 nitrogen and oxygen atoms in total. The fraction of sp³-hybridized carbons (Fsp3) is 0.222. The van der Waals surface area contributed by atoms with Crippen LogP contribution < -0.4 is 10.2 Å². The molecule has 1 N–H and O–H groups in total. The first-order valence-electron chi connectivity index (χ1n) is 8.32. The van der Waals surface area contributed by atoms with Crippen molar-refractivity contribution in [2.45, 2.75) is 0 Å². The van der Waals surface area contributed by atoms with Gasteiger partial charge in [-0.25, -0.2) is 22.9 Å². The molecule has 0 aliphatic carbocycles. The van der Waals surface area contributed by atoms with E-state index >= 15 is 0 Å². The molecule has 4 rings (SSSR count). The number of aromatic nitrogens is 1. The summed E-state index contributed by atoms with van der Waals surface area (Å²) in [5, 5.41) is 3.05. The lowest BCUT2D eigenvalue weighted by molar-refractivity contribution is 0.208. The predicted octanol–water partition coefficient (Wildman–Crippen LogP) is 4.07. The van der Waals surface area contributed by atoms with Crippen molar-refractivity contribution >= 4 is 38.4 Å². The van der Waals surface area contributed by atoms with Gasteiger partial charge in [0.1, 0.15) is 23.1 Å². The number of nitrogens with zero attached hydrogens (tertiary/aromatic N) is 3. The summed E-state index contributed by atoms with van der Waals surface area (Å²) in [6.45, 7) is 1.81. The number of thiazole rings is 1. The summed E-state index contributed by atoms with van der Waals surface area (Å²) in [7, 11) is 0. The van der Waals surface area contributed by atoms with Crippen LogP contribution >= 0.6 is 11.3 Å².